The molecule has 3 heteroatoms. The van der Waals surface area contributed by atoms with Crippen LogP contribution in [-0.4, -0.2) is 29.4 Å². The van der Waals surface area contributed by atoms with Crippen LogP contribution in [0.1, 0.15) is 13.3 Å². The van der Waals surface area contributed by atoms with Crippen LogP contribution in [0.5, 0.6) is 0 Å². The van der Waals surface area contributed by atoms with Gasteiger partial charge in [-0.25, -0.2) is 4.39 Å². The molecule has 0 saturated heterocycles. The molecule has 0 spiro atoms. The minimum Gasteiger partial charge on any atom is -0.390 e. The largest absolute Gasteiger partial charge is 0.390 e. The summed E-state index contributed by atoms with van der Waals surface area (Å²) in [6.07, 6.45) is 0.338. The van der Waals surface area contributed by atoms with Crippen LogP contribution in [-0.2, 0) is 0 Å². The average molecular weight is 152 g/mol. The van der Waals surface area contributed by atoms with Gasteiger partial charge in [0.1, 0.15) is 6.67 Å². The summed E-state index contributed by atoms with van der Waals surface area (Å²) in [6, 6.07) is 0. The smallest absolute Gasteiger partial charge is 0.116 e. The summed E-state index contributed by atoms with van der Waals surface area (Å²) in [5.41, 5.74) is 0. The Morgan fingerprint density at radius 2 is 2.33 bits per heavy atom. The van der Waals surface area contributed by atoms with Gasteiger partial charge in [0.05, 0.1) is 6.10 Å². The maximum absolute atomic E-state index is 11.6. The first-order valence-electron chi connectivity index (χ1n) is 3.13. The van der Waals surface area contributed by atoms with Crippen LogP contribution in [0.3, 0.4) is 0 Å². The monoisotopic (exact) mass is 152 g/mol. The summed E-state index contributed by atoms with van der Waals surface area (Å²) >= 11 is 1.60. The number of aliphatic hydroxyl groups is 1. The van der Waals surface area contributed by atoms with Crippen LogP contribution < -0.4 is 0 Å². The number of alkyl halides is 1. The lowest BCUT2D eigenvalue weighted by Gasteiger charge is -2.02. The number of hydrogen-bond donors (Lipinski definition) is 1. The standard InChI is InChI=1S/C6H13FOS/c1-2-3-9-5-6(8)4-7/h6,8H,2-5H2,1H3. The summed E-state index contributed by atoms with van der Waals surface area (Å²) in [6.45, 7) is 1.45. The minimum absolute atomic E-state index is 0.532. The molecule has 9 heavy (non-hydrogen) atoms. The number of halogens is 1. The van der Waals surface area contributed by atoms with E-state index >= 15 is 0 Å². The zero-order valence-corrected chi connectivity index (χ0v) is 6.46. The molecule has 1 unspecified atom stereocenters. The van der Waals surface area contributed by atoms with Gasteiger partial charge in [-0.1, -0.05) is 6.92 Å². The van der Waals surface area contributed by atoms with E-state index in [1.54, 1.807) is 11.8 Å². The summed E-state index contributed by atoms with van der Waals surface area (Å²) in [7, 11) is 0. The molecule has 0 amide bonds. The number of aliphatic hydroxyl groups excluding tert-OH is 1. The second-order valence-electron chi connectivity index (χ2n) is 1.88. The van der Waals surface area contributed by atoms with Crippen molar-refractivity contribution in [2.45, 2.75) is 19.4 Å². The Bertz CT molecular complexity index is 61.0. The molecule has 56 valence electrons. The number of rotatable bonds is 5. The van der Waals surface area contributed by atoms with Crippen molar-refractivity contribution in [3.05, 3.63) is 0 Å². The van der Waals surface area contributed by atoms with E-state index in [2.05, 4.69) is 6.92 Å². The van der Waals surface area contributed by atoms with Crippen LogP contribution >= 0.6 is 11.8 Å². The fraction of sp³-hybridized carbons (Fsp3) is 1.00. The van der Waals surface area contributed by atoms with Crippen molar-refractivity contribution >= 4 is 11.8 Å². The second-order valence-corrected chi connectivity index (χ2v) is 3.03. The third-order valence-corrected chi connectivity index (χ3v) is 2.15. The summed E-state index contributed by atoms with van der Waals surface area (Å²) in [5, 5.41) is 8.69. The van der Waals surface area contributed by atoms with Gasteiger partial charge in [-0.2, -0.15) is 11.8 Å². The Hall–Kier alpha value is 0.240. The van der Waals surface area contributed by atoms with Crippen molar-refractivity contribution in [2.24, 2.45) is 0 Å². The summed E-state index contributed by atoms with van der Waals surface area (Å²) < 4.78 is 11.6. The summed E-state index contributed by atoms with van der Waals surface area (Å²) in [5.74, 6) is 1.54. The van der Waals surface area contributed by atoms with Gasteiger partial charge >= 0.3 is 0 Å². The molecule has 1 nitrogen and oxygen atoms in total. The molecule has 1 atom stereocenters. The third-order valence-electron chi connectivity index (χ3n) is 0.837. The molecule has 0 saturated carbocycles. The van der Waals surface area contributed by atoms with Crippen molar-refractivity contribution in [1.82, 2.24) is 0 Å². The van der Waals surface area contributed by atoms with E-state index in [9.17, 15) is 4.39 Å². The maximum Gasteiger partial charge on any atom is 0.116 e. The van der Waals surface area contributed by atoms with Crippen molar-refractivity contribution in [3.8, 4) is 0 Å². The highest BCUT2D eigenvalue weighted by atomic mass is 32.2. The van der Waals surface area contributed by atoms with Gasteiger partial charge < -0.3 is 5.11 Å². The molecule has 0 bridgehead atoms. The molecular formula is C6H13FOS. The highest BCUT2D eigenvalue weighted by Crippen LogP contribution is 2.04. The lowest BCUT2D eigenvalue weighted by molar-refractivity contribution is 0.162. The molecule has 0 aliphatic heterocycles. The van der Waals surface area contributed by atoms with Crippen LogP contribution in [0.2, 0.25) is 0 Å². The predicted molar refractivity (Wildman–Crippen MR) is 39.6 cm³/mol. The van der Waals surface area contributed by atoms with Gasteiger partial charge in [-0.15, -0.1) is 0 Å². The first-order chi connectivity index (χ1) is 4.31. The zero-order chi connectivity index (χ0) is 7.11. The lowest BCUT2D eigenvalue weighted by Crippen LogP contribution is -2.11. The van der Waals surface area contributed by atoms with E-state index < -0.39 is 12.8 Å². The molecule has 0 rings (SSSR count). The predicted octanol–water partition coefficient (Wildman–Crippen LogP) is 1.46. The van der Waals surface area contributed by atoms with E-state index in [1.165, 1.54) is 0 Å². The van der Waals surface area contributed by atoms with Crippen LogP contribution in [0.4, 0.5) is 4.39 Å². The maximum atomic E-state index is 11.6. The van der Waals surface area contributed by atoms with Gasteiger partial charge in [0.25, 0.3) is 0 Å². The third kappa shape index (κ3) is 6.12. The molecule has 0 radical (unpaired) electrons. The zero-order valence-electron chi connectivity index (χ0n) is 5.64. The molecule has 0 heterocycles. The Labute approximate surface area is 59.6 Å². The average Bonchev–Trinajstić information content (AvgIpc) is 1.89. The lowest BCUT2D eigenvalue weighted by atomic mass is 10.5. The number of thioether (sulfide) groups is 1. The van der Waals surface area contributed by atoms with Crippen LogP contribution in [0.15, 0.2) is 0 Å². The van der Waals surface area contributed by atoms with Gasteiger partial charge in [0.2, 0.25) is 0 Å². The first kappa shape index (κ1) is 9.24. The molecule has 0 aromatic heterocycles. The van der Waals surface area contributed by atoms with E-state index in [1.807, 2.05) is 0 Å². The fourth-order valence-electron chi connectivity index (χ4n) is 0.408. The normalized spacial score (nSPS) is 13.7. The highest BCUT2D eigenvalue weighted by Gasteiger charge is 2.00. The molecular weight excluding hydrogens is 139 g/mol. The first-order valence-corrected chi connectivity index (χ1v) is 4.28. The molecule has 0 fully saturated rings. The van der Waals surface area contributed by atoms with E-state index in [-0.39, 0.29) is 0 Å². The van der Waals surface area contributed by atoms with Gasteiger partial charge in [-0.05, 0) is 12.2 Å². The van der Waals surface area contributed by atoms with E-state index in [4.69, 9.17) is 5.11 Å². The Morgan fingerprint density at radius 1 is 1.67 bits per heavy atom. The van der Waals surface area contributed by atoms with Crippen molar-refractivity contribution in [2.75, 3.05) is 18.2 Å². The van der Waals surface area contributed by atoms with Crippen molar-refractivity contribution in [3.63, 3.8) is 0 Å². The Morgan fingerprint density at radius 3 is 2.78 bits per heavy atom. The van der Waals surface area contributed by atoms with Gasteiger partial charge in [-0.3, -0.25) is 0 Å². The number of hydrogen-bond acceptors (Lipinski definition) is 2. The molecule has 0 aliphatic carbocycles. The van der Waals surface area contributed by atoms with Gasteiger partial charge in [0, 0.05) is 5.75 Å². The fourth-order valence-corrected chi connectivity index (χ4v) is 1.22. The Balaban J connectivity index is 2.88. The minimum atomic E-state index is -0.749. The summed E-state index contributed by atoms with van der Waals surface area (Å²) in [4.78, 5) is 0. The van der Waals surface area contributed by atoms with Crippen molar-refractivity contribution in [1.29, 1.82) is 0 Å². The Kier molecular flexibility index (Phi) is 6.53. The molecule has 0 aliphatic rings. The van der Waals surface area contributed by atoms with Crippen LogP contribution in [0, 0.1) is 0 Å². The van der Waals surface area contributed by atoms with E-state index in [0.29, 0.717) is 5.75 Å². The molecule has 0 aromatic carbocycles. The van der Waals surface area contributed by atoms with Crippen LogP contribution in [0.25, 0.3) is 0 Å². The second kappa shape index (κ2) is 6.36. The van der Waals surface area contributed by atoms with Gasteiger partial charge in [0.15, 0.2) is 0 Å². The quantitative estimate of drug-likeness (QED) is 0.602. The van der Waals surface area contributed by atoms with Crippen molar-refractivity contribution < 1.29 is 9.50 Å². The molecule has 0 aromatic rings. The van der Waals surface area contributed by atoms with E-state index in [0.717, 1.165) is 12.2 Å². The topological polar surface area (TPSA) is 20.2 Å². The highest BCUT2D eigenvalue weighted by molar-refractivity contribution is 7.99. The molecule has 1 N–H and O–H groups in total. The SMILES string of the molecule is CCCSCC(O)CF.